The topological polar surface area (TPSA) is 111 Å². The average molecular weight is 545 g/mol. The van der Waals surface area contributed by atoms with E-state index in [0.717, 1.165) is 21.6 Å². The summed E-state index contributed by atoms with van der Waals surface area (Å²) in [6, 6.07) is -3.13. The molecule has 0 aliphatic rings. The van der Waals surface area contributed by atoms with Crippen LogP contribution < -0.4 is 10.6 Å². The summed E-state index contributed by atoms with van der Waals surface area (Å²) < 4.78 is 84.7. The Labute approximate surface area is 200 Å². The van der Waals surface area contributed by atoms with Crippen molar-refractivity contribution in [2.24, 2.45) is 0 Å². The van der Waals surface area contributed by atoms with E-state index in [0.29, 0.717) is 0 Å². The van der Waals surface area contributed by atoms with Crippen molar-refractivity contribution in [3.05, 3.63) is 0 Å². The second-order valence-corrected chi connectivity index (χ2v) is 9.94. The highest BCUT2D eigenvalue weighted by molar-refractivity contribution is 8.76. The van der Waals surface area contributed by atoms with Gasteiger partial charge in [0.25, 0.3) is 0 Å². The summed E-state index contributed by atoms with van der Waals surface area (Å²) >= 11 is 0. The van der Waals surface area contributed by atoms with E-state index in [9.17, 15) is 45.5 Å². The van der Waals surface area contributed by atoms with Crippen molar-refractivity contribution in [3.63, 3.8) is 0 Å². The molecule has 8 nitrogen and oxygen atoms in total. The van der Waals surface area contributed by atoms with Crippen LogP contribution in [0.25, 0.3) is 0 Å². The molecule has 0 aliphatic heterocycles. The van der Waals surface area contributed by atoms with Crippen LogP contribution in [0.2, 0.25) is 0 Å². The molecule has 0 unspecified atom stereocenters. The van der Waals surface area contributed by atoms with Crippen LogP contribution in [0.15, 0.2) is 0 Å². The molecule has 0 aromatic carbocycles. The van der Waals surface area contributed by atoms with Gasteiger partial charge in [0.15, 0.2) is 0 Å². The second kappa shape index (κ2) is 14.5. The fourth-order valence-electron chi connectivity index (χ4n) is 2.06. The van der Waals surface area contributed by atoms with Crippen molar-refractivity contribution < 1.29 is 55.0 Å². The number of esters is 2. The predicted molar refractivity (Wildman–Crippen MR) is 113 cm³/mol. The smallest absolute Gasteiger partial charge is 0.461 e. The molecule has 0 aromatic heterocycles. The molecule has 0 spiro atoms. The normalized spacial score (nSPS) is 13.9. The van der Waals surface area contributed by atoms with E-state index in [1.807, 2.05) is 0 Å². The average Bonchev–Trinajstić information content (AvgIpc) is 2.65. The van der Waals surface area contributed by atoms with E-state index in [1.165, 1.54) is 27.7 Å². The lowest BCUT2D eigenvalue weighted by Crippen LogP contribution is -2.48. The molecular weight excluding hydrogens is 518 g/mol. The number of rotatable bonds is 13. The molecule has 0 saturated heterocycles. The minimum Gasteiger partial charge on any atom is -0.461 e. The summed E-state index contributed by atoms with van der Waals surface area (Å²) in [4.78, 5) is 46.3. The molecule has 0 fully saturated rings. The second-order valence-electron chi connectivity index (χ2n) is 7.24. The van der Waals surface area contributed by atoms with Gasteiger partial charge in [0.1, 0.15) is 12.1 Å². The van der Waals surface area contributed by atoms with Crippen LogP contribution in [-0.2, 0) is 28.7 Å². The van der Waals surface area contributed by atoms with Crippen molar-refractivity contribution in [2.75, 3.05) is 11.5 Å². The molecule has 0 rings (SSSR count). The molecule has 2 amide bonds. The highest BCUT2D eigenvalue weighted by Gasteiger charge is 2.42. The van der Waals surface area contributed by atoms with Crippen LogP contribution in [0, 0.1) is 0 Å². The van der Waals surface area contributed by atoms with Gasteiger partial charge in [-0.3, -0.25) is 9.59 Å². The van der Waals surface area contributed by atoms with Crippen LogP contribution in [0.1, 0.15) is 40.5 Å². The van der Waals surface area contributed by atoms with Gasteiger partial charge < -0.3 is 20.1 Å². The lowest BCUT2D eigenvalue weighted by molar-refractivity contribution is -0.176. The van der Waals surface area contributed by atoms with E-state index in [-0.39, 0.29) is 24.3 Å². The first-order valence-electron chi connectivity index (χ1n) is 9.85. The highest BCUT2D eigenvalue weighted by atomic mass is 33.1. The molecular formula is C18H26F6N2O6S2. The molecule has 2 atom stereocenters. The number of alkyl halides is 6. The number of ether oxygens (including phenoxy) is 2. The Bertz CT molecular complexity index is 645. The maximum atomic E-state index is 12.5. The molecule has 16 heteroatoms. The van der Waals surface area contributed by atoms with Gasteiger partial charge in [-0.25, -0.2) is 9.59 Å². The first-order valence-corrected chi connectivity index (χ1v) is 12.3. The number of carbonyl (C=O) groups excluding carboxylic acids is 4. The Kier molecular flexibility index (Phi) is 13.7. The quantitative estimate of drug-likeness (QED) is 0.158. The van der Waals surface area contributed by atoms with E-state index < -0.39 is 60.4 Å². The van der Waals surface area contributed by atoms with E-state index in [1.54, 1.807) is 10.6 Å². The SMILES string of the molecule is CC(C)OC(=O)[C@H](CCSSCC[C@H](NC(=O)C(F)(F)F)C(=O)OC(C)C)NC(=O)C(F)(F)F. The molecule has 0 aromatic rings. The summed E-state index contributed by atoms with van der Waals surface area (Å²) in [7, 11) is 2.07. The maximum Gasteiger partial charge on any atom is 0.471 e. The van der Waals surface area contributed by atoms with Crippen molar-refractivity contribution in [1.29, 1.82) is 0 Å². The molecule has 34 heavy (non-hydrogen) atoms. The van der Waals surface area contributed by atoms with Crippen molar-refractivity contribution in [1.82, 2.24) is 10.6 Å². The molecule has 0 heterocycles. The number of nitrogens with one attached hydrogen (secondary N) is 2. The zero-order chi connectivity index (χ0) is 26.7. The van der Waals surface area contributed by atoms with Gasteiger partial charge in [-0.05, 0) is 40.5 Å². The van der Waals surface area contributed by atoms with Gasteiger partial charge in [-0.2, -0.15) is 26.3 Å². The molecule has 0 radical (unpaired) electrons. The van der Waals surface area contributed by atoms with Gasteiger partial charge in [0, 0.05) is 11.5 Å². The maximum absolute atomic E-state index is 12.5. The summed E-state index contributed by atoms with van der Waals surface area (Å²) in [5, 5.41) is 3.13. The van der Waals surface area contributed by atoms with Crippen molar-refractivity contribution in [2.45, 2.75) is 77.2 Å². The minimum absolute atomic E-state index is 0.0523. The van der Waals surface area contributed by atoms with Crippen LogP contribution in [-0.4, -0.2) is 71.9 Å². The van der Waals surface area contributed by atoms with Gasteiger partial charge in [0.05, 0.1) is 12.2 Å². The van der Waals surface area contributed by atoms with Crippen LogP contribution in [0.5, 0.6) is 0 Å². The Morgan fingerprint density at radius 2 is 0.971 bits per heavy atom. The number of halogens is 6. The fraction of sp³-hybridized carbons (Fsp3) is 0.778. The third kappa shape index (κ3) is 13.8. The first kappa shape index (κ1) is 32.2. The van der Waals surface area contributed by atoms with Gasteiger partial charge in [-0.15, -0.1) is 0 Å². The molecule has 2 N–H and O–H groups in total. The monoisotopic (exact) mass is 544 g/mol. The van der Waals surface area contributed by atoms with Gasteiger partial charge >= 0.3 is 36.1 Å². The van der Waals surface area contributed by atoms with E-state index in [2.05, 4.69) is 0 Å². The first-order chi connectivity index (χ1) is 15.4. The van der Waals surface area contributed by atoms with Crippen molar-refractivity contribution >= 4 is 45.3 Å². The molecule has 0 bridgehead atoms. The summed E-state index contributed by atoms with van der Waals surface area (Å²) in [6.07, 6.45) is -12.1. The predicted octanol–water partition coefficient (Wildman–Crippen LogP) is 3.15. The highest BCUT2D eigenvalue weighted by Crippen LogP contribution is 2.25. The standard InChI is InChI=1S/C18H26F6N2O6S2/c1-9(2)31-13(27)11(25-15(29)17(19,20)21)5-7-33-34-8-6-12(14(28)32-10(3)4)26-16(30)18(22,23)24/h9-12H,5-8H2,1-4H3,(H,25,29)(H,26,30)/t11-,12-/m0/s1. The lowest BCUT2D eigenvalue weighted by atomic mass is 10.2. The van der Waals surface area contributed by atoms with E-state index in [4.69, 9.17) is 9.47 Å². The number of amides is 2. The largest absolute Gasteiger partial charge is 0.471 e. The van der Waals surface area contributed by atoms with Crippen LogP contribution in [0.3, 0.4) is 0 Å². The lowest BCUT2D eigenvalue weighted by Gasteiger charge is -2.20. The molecule has 198 valence electrons. The Hall–Kier alpha value is -1.84. The summed E-state index contributed by atoms with van der Waals surface area (Å²) in [5.41, 5.74) is 0. The fourth-order valence-corrected chi connectivity index (χ4v) is 4.24. The van der Waals surface area contributed by atoms with Crippen LogP contribution >= 0.6 is 21.6 Å². The number of hydrogen-bond donors (Lipinski definition) is 2. The van der Waals surface area contributed by atoms with Gasteiger partial charge in [0.2, 0.25) is 0 Å². The van der Waals surface area contributed by atoms with Crippen molar-refractivity contribution in [3.8, 4) is 0 Å². The zero-order valence-electron chi connectivity index (χ0n) is 18.7. The Morgan fingerprint density at radius 3 is 1.21 bits per heavy atom. The van der Waals surface area contributed by atoms with Gasteiger partial charge in [-0.1, -0.05) is 21.6 Å². The number of hydrogen-bond acceptors (Lipinski definition) is 8. The molecule has 0 saturated carbocycles. The summed E-state index contributed by atoms with van der Waals surface area (Å²) in [5.74, 6) is -6.60. The Morgan fingerprint density at radius 1 is 0.676 bits per heavy atom. The molecule has 0 aliphatic carbocycles. The zero-order valence-corrected chi connectivity index (χ0v) is 20.3. The minimum atomic E-state index is -5.20. The third-order valence-corrected chi connectivity index (χ3v) is 5.93. The number of carbonyl (C=O) groups is 4. The third-order valence-electron chi connectivity index (χ3n) is 3.46. The van der Waals surface area contributed by atoms with Crippen LogP contribution in [0.4, 0.5) is 26.3 Å². The Balaban J connectivity index is 4.80. The summed E-state index contributed by atoms with van der Waals surface area (Å²) in [6.45, 7) is 5.90. The van der Waals surface area contributed by atoms with E-state index >= 15 is 0 Å².